The van der Waals surface area contributed by atoms with Gasteiger partial charge in [0.2, 0.25) is 5.91 Å². The monoisotopic (exact) mass is 298 g/mol. The maximum Gasteiger partial charge on any atom is 0.222 e. The van der Waals surface area contributed by atoms with Crippen LogP contribution in [0.2, 0.25) is 0 Å². The number of benzene rings is 1. The van der Waals surface area contributed by atoms with Crippen LogP contribution in [0.5, 0.6) is 0 Å². The van der Waals surface area contributed by atoms with Crippen molar-refractivity contribution in [3.8, 4) is 0 Å². The van der Waals surface area contributed by atoms with Gasteiger partial charge in [-0.25, -0.2) is 0 Å². The highest BCUT2D eigenvalue weighted by Gasteiger charge is 2.16. The molecule has 0 saturated carbocycles. The molecule has 5 heteroatoms. The number of hydrogen-bond acceptors (Lipinski definition) is 3. The van der Waals surface area contributed by atoms with Crippen molar-refractivity contribution in [2.45, 2.75) is 25.9 Å². The molecular weight excluding hydrogens is 276 g/mol. The first-order valence-corrected chi connectivity index (χ1v) is 6.88. The van der Waals surface area contributed by atoms with Crippen LogP contribution in [0.1, 0.15) is 17.5 Å². The lowest BCUT2D eigenvalue weighted by atomic mass is 10.1. The molecule has 0 spiro atoms. The Hall–Kier alpha value is -1.10. The van der Waals surface area contributed by atoms with E-state index in [1.165, 1.54) is 11.1 Å². The third-order valence-electron chi connectivity index (χ3n) is 3.24. The molecule has 0 aromatic heterocycles. The molecule has 1 aromatic rings. The molecule has 1 saturated heterocycles. The molecule has 1 fully saturated rings. The smallest absolute Gasteiger partial charge is 0.222 e. The minimum atomic E-state index is 0. The van der Waals surface area contributed by atoms with Crippen LogP contribution < -0.4 is 10.6 Å². The maximum absolute atomic E-state index is 11.7. The topological polar surface area (TPSA) is 50.4 Å². The summed E-state index contributed by atoms with van der Waals surface area (Å²) in [5.74, 6) is 0.0707. The van der Waals surface area contributed by atoms with Crippen LogP contribution in [0.4, 0.5) is 0 Å². The molecule has 1 amide bonds. The third-order valence-corrected chi connectivity index (χ3v) is 3.24. The van der Waals surface area contributed by atoms with Crippen LogP contribution in [-0.2, 0) is 16.0 Å². The van der Waals surface area contributed by atoms with Crippen LogP contribution in [-0.4, -0.2) is 38.3 Å². The number of ether oxygens (including phenoxy) is 1. The van der Waals surface area contributed by atoms with E-state index in [-0.39, 0.29) is 24.4 Å². The first kappa shape index (κ1) is 17.0. The molecule has 20 heavy (non-hydrogen) atoms. The minimum Gasteiger partial charge on any atom is -0.375 e. The van der Waals surface area contributed by atoms with Crippen molar-refractivity contribution in [1.29, 1.82) is 0 Å². The molecule has 0 bridgehead atoms. The number of nitrogens with one attached hydrogen (secondary N) is 2. The van der Waals surface area contributed by atoms with Gasteiger partial charge >= 0.3 is 0 Å². The predicted molar refractivity (Wildman–Crippen MR) is 82.4 cm³/mol. The van der Waals surface area contributed by atoms with Gasteiger partial charge in [0, 0.05) is 19.6 Å². The van der Waals surface area contributed by atoms with Crippen molar-refractivity contribution in [1.82, 2.24) is 10.6 Å². The van der Waals surface area contributed by atoms with Gasteiger partial charge in [-0.15, -0.1) is 12.4 Å². The zero-order valence-electron chi connectivity index (χ0n) is 11.9. The number of halogens is 1. The molecule has 0 radical (unpaired) electrons. The van der Waals surface area contributed by atoms with E-state index in [0.717, 1.165) is 19.5 Å². The number of morpholine rings is 1. The van der Waals surface area contributed by atoms with Crippen molar-refractivity contribution in [2.24, 2.45) is 0 Å². The standard InChI is InChI=1S/C15H22N2O2.ClH/c1-12-3-2-4-13(9-12)5-6-17-15(18)10-14-11-16-7-8-19-14;/h2-4,9,14,16H,5-8,10-11H2,1H3,(H,17,18);1H. The highest BCUT2D eigenvalue weighted by Crippen LogP contribution is 2.04. The van der Waals surface area contributed by atoms with Gasteiger partial charge in [-0.05, 0) is 18.9 Å². The third kappa shape index (κ3) is 5.90. The van der Waals surface area contributed by atoms with E-state index in [0.29, 0.717) is 19.6 Å². The van der Waals surface area contributed by atoms with Crippen LogP contribution >= 0.6 is 12.4 Å². The Bertz CT molecular complexity index is 420. The fourth-order valence-corrected chi connectivity index (χ4v) is 2.24. The Balaban J connectivity index is 0.00000200. The van der Waals surface area contributed by atoms with Gasteiger partial charge < -0.3 is 15.4 Å². The van der Waals surface area contributed by atoms with E-state index in [2.05, 4.69) is 35.8 Å². The van der Waals surface area contributed by atoms with Crippen molar-refractivity contribution >= 4 is 18.3 Å². The van der Waals surface area contributed by atoms with Crippen molar-refractivity contribution in [3.63, 3.8) is 0 Å². The summed E-state index contributed by atoms with van der Waals surface area (Å²) in [6, 6.07) is 8.37. The van der Waals surface area contributed by atoms with Crippen LogP contribution in [0.15, 0.2) is 24.3 Å². The SMILES string of the molecule is Cc1cccc(CCNC(=O)CC2CNCCO2)c1.Cl. The van der Waals surface area contributed by atoms with Gasteiger partial charge in [0.1, 0.15) is 0 Å². The quantitative estimate of drug-likeness (QED) is 0.865. The summed E-state index contributed by atoms with van der Waals surface area (Å²) in [5, 5.41) is 6.17. The molecule has 1 unspecified atom stereocenters. The minimum absolute atomic E-state index is 0. The Morgan fingerprint density at radius 3 is 3.05 bits per heavy atom. The Morgan fingerprint density at radius 2 is 2.35 bits per heavy atom. The number of carbonyl (C=O) groups is 1. The number of hydrogen-bond donors (Lipinski definition) is 2. The number of amides is 1. The molecule has 112 valence electrons. The van der Waals surface area contributed by atoms with Crippen molar-refractivity contribution < 1.29 is 9.53 Å². The summed E-state index contributed by atoms with van der Waals surface area (Å²) in [5.41, 5.74) is 2.52. The lowest BCUT2D eigenvalue weighted by Crippen LogP contribution is -2.41. The molecule has 2 N–H and O–H groups in total. The zero-order chi connectivity index (χ0) is 13.5. The molecule has 1 atom stereocenters. The summed E-state index contributed by atoms with van der Waals surface area (Å²) in [6.45, 7) is 5.11. The van der Waals surface area contributed by atoms with Gasteiger partial charge in [-0.2, -0.15) is 0 Å². The second-order valence-corrected chi connectivity index (χ2v) is 4.99. The largest absolute Gasteiger partial charge is 0.375 e. The van der Waals surface area contributed by atoms with Crippen LogP contribution in [0, 0.1) is 6.92 Å². The number of carbonyl (C=O) groups excluding carboxylic acids is 1. The zero-order valence-corrected chi connectivity index (χ0v) is 12.7. The van der Waals surface area contributed by atoms with E-state index in [9.17, 15) is 4.79 Å². The van der Waals surface area contributed by atoms with Gasteiger partial charge in [0.25, 0.3) is 0 Å². The molecule has 1 aromatic carbocycles. The van der Waals surface area contributed by atoms with E-state index in [4.69, 9.17) is 4.74 Å². The average Bonchev–Trinajstić information content (AvgIpc) is 2.40. The predicted octanol–water partition coefficient (Wildman–Crippen LogP) is 1.45. The second-order valence-electron chi connectivity index (χ2n) is 4.99. The maximum atomic E-state index is 11.7. The molecule has 4 nitrogen and oxygen atoms in total. The number of aryl methyl sites for hydroxylation is 1. The van der Waals surface area contributed by atoms with Crippen molar-refractivity contribution in [3.05, 3.63) is 35.4 Å². The number of rotatable bonds is 5. The van der Waals surface area contributed by atoms with Crippen LogP contribution in [0.3, 0.4) is 0 Å². The van der Waals surface area contributed by atoms with Gasteiger partial charge in [0.15, 0.2) is 0 Å². The molecule has 1 aliphatic heterocycles. The van der Waals surface area contributed by atoms with Gasteiger partial charge in [-0.3, -0.25) is 4.79 Å². The second kappa shape index (κ2) is 8.95. The molecule has 1 heterocycles. The normalized spacial score (nSPS) is 18.1. The highest BCUT2D eigenvalue weighted by molar-refractivity contribution is 5.85. The summed E-state index contributed by atoms with van der Waals surface area (Å²) >= 11 is 0. The first-order chi connectivity index (χ1) is 9.24. The Labute approximate surface area is 126 Å². The molecule has 2 rings (SSSR count). The average molecular weight is 299 g/mol. The first-order valence-electron chi connectivity index (χ1n) is 6.88. The van der Waals surface area contributed by atoms with Gasteiger partial charge in [-0.1, -0.05) is 29.8 Å². The van der Waals surface area contributed by atoms with Crippen molar-refractivity contribution in [2.75, 3.05) is 26.2 Å². The van der Waals surface area contributed by atoms with E-state index >= 15 is 0 Å². The van der Waals surface area contributed by atoms with E-state index in [1.54, 1.807) is 0 Å². The van der Waals surface area contributed by atoms with E-state index in [1.807, 2.05) is 6.07 Å². The highest BCUT2D eigenvalue weighted by atomic mass is 35.5. The summed E-state index contributed by atoms with van der Waals surface area (Å²) < 4.78 is 5.51. The lowest BCUT2D eigenvalue weighted by Gasteiger charge is -2.23. The molecule has 1 aliphatic rings. The fourth-order valence-electron chi connectivity index (χ4n) is 2.24. The summed E-state index contributed by atoms with van der Waals surface area (Å²) in [4.78, 5) is 11.7. The Morgan fingerprint density at radius 1 is 1.50 bits per heavy atom. The molecular formula is C15H23ClN2O2. The lowest BCUT2D eigenvalue weighted by molar-refractivity contribution is -0.124. The van der Waals surface area contributed by atoms with Crippen LogP contribution in [0.25, 0.3) is 0 Å². The summed E-state index contributed by atoms with van der Waals surface area (Å²) in [7, 11) is 0. The summed E-state index contributed by atoms with van der Waals surface area (Å²) in [6.07, 6.45) is 1.34. The Kier molecular flexibility index (Phi) is 7.59. The molecule has 0 aliphatic carbocycles. The van der Waals surface area contributed by atoms with E-state index < -0.39 is 0 Å². The fraction of sp³-hybridized carbons (Fsp3) is 0.533. The van der Waals surface area contributed by atoms with Gasteiger partial charge in [0.05, 0.1) is 19.1 Å².